The molecule has 3 heteroatoms. The topological polar surface area (TPSA) is 38.3 Å². The maximum Gasteiger partial charge on any atom is 0.328 e. The number of rotatable bonds is 2. The Labute approximate surface area is 120 Å². The van der Waals surface area contributed by atoms with Crippen LogP contribution in [0.3, 0.4) is 0 Å². The molecule has 1 aliphatic heterocycles. The van der Waals surface area contributed by atoms with Crippen molar-refractivity contribution in [2.45, 2.75) is 51.2 Å². The smallest absolute Gasteiger partial charge is 0.328 e. The number of hydrogen-bond acceptors (Lipinski definition) is 3. The lowest BCUT2D eigenvalue weighted by molar-refractivity contribution is -0.154. The lowest BCUT2D eigenvalue weighted by atomic mass is 9.88. The van der Waals surface area contributed by atoms with Crippen LogP contribution < -0.4 is 5.32 Å². The molecule has 3 atom stereocenters. The molecule has 1 fully saturated rings. The highest BCUT2D eigenvalue weighted by Crippen LogP contribution is 2.29. The summed E-state index contributed by atoms with van der Waals surface area (Å²) in [5, 5.41) is 3.30. The summed E-state index contributed by atoms with van der Waals surface area (Å²) in [6.45, 7) is 3.09. The molecule has 1 aromatic carbocycles. The highest BCUT2D eigenvalue weighted by Gasteiger charge is 2.30. The van der Waals surface area contributed by atoms with Crippen LogP contribution in [0.15, 0.2) is 24.3 Å². The van der Waals surface area contributed by atoms with Gasteiger partial charge in [0.25, 0.3) is 0 Å². The molecule has 0 radical (unpaired) electrons. The minimum atomic E-state index is -0.280. The third-order valence-corrected chi connectivity index (χ3v) is 4.52. The van der Waals surface area contributed by atoms with Gasteiger partial charge in [-0.05, 0) is 42.7 Å². The minimum Gasteiger partial charge on any atom is -0.461 e. The minimum absolute atomic E-state index is 0.101. The van der Waals surface area contributed by atoms with Crippen LogP contribution in [0.2, 0.25) is 0 Å². The fraction of sp³-hybridized carbons (Fsp3) is 0.588. The Morgan fingerprint density at radius 1 is 1.30 bits per heavy atom. The molecule has 1 heterocycles. The van der Waals surface area contributed by atoms with Crippen molar-refractivity contribution in [2.24, 2.45) is 5.92 Å². The molecule has 1 saturated carbocycles. The molecular weight excluding hydrogens is 250 g/mol. The van der Waals surface area contributed by atoms with Gasteiger partial charge in [0.1, 0.15) is 12.1 Å². The molecule has 0 bridgehead atoms. The maximum atomic E-state index is 12.5. The first kappa shape index (κ1) is 13.6. The van der Waals surface area contributed by atoms with Crippen LogP contribution in [0.5, 0.6) is 0 Å². The average Bonchev–Trinajstić information content (AvgIpc) is 2.46. The van der Waals surface area contributed by atoms with Gasteiger partial charge in [-0.25, -0.2) is 4.79 Å². The molecule has 3 nitrogen and oxygen atoms in total. The van der Waals surface area contributed by atoms with Crippen molar-refractivity contribution in [3.63, 3.8) is 0 Å². The summed E-state index contributed by atoms with van der Waals surface area (Å²) in [5.41, 5.74) is 2.36. The van der Waals surface area contributed by atoms with E-state index in [9.17, 15) is 4.79 Å². The number of ether oxygens (including phenoxy) is 1. The second-order valence-corrected chi connectivity index (χ2v) is 6.17. The second kappa shape index (κ2) is 5.96. The molecule has 3 rings (SSSR count). The Bertz CT molecular complexity index is 486. The van der Waals surface area contributed by atoms with Crippen molar-refractivity contribution in [2.75, 3.05) is 6.54 Å². The third kappa shape index (κ3) is 2.88. The zero-order valence-electron chi connectivity index (χ0n) is 12.1. The van der Waals surface area contributed by atoms with Crippen molar-refractivity contribution in [1.82, 2.24) is 5.32 Å². The molecule has 0 amide bonds. The Morgan fingerprint density at radius 3 is 3.00 bits per heavy atom. The van der Waals surface area contributed by atoms with E-state index < -0.39 is 0 Å². The first-order valence-electron chi connectivity index (χ1n) is 7.75. The van der Waals surface area contributed by atoms with Gasteiger partial charge in [-0.2, -0.15) is 0 Å². The quantitative estimate of drug-likeness (QED) is 0.842. The summed E-state index contributed by atoms with van der Waals surface area (Å²) in [6, 6.07) is 7.90. The van der Waals surface area contributed by atoms with Crippen LogP contribution in [0, 0.1) is 5.92 Å². The Kier molecular flexibility index (Phi) is 4.06. The molecular formula is C17H23NO2. The highest BCUT2D eigenvalue weighted by molar-refractivity contribution is 5.78. The Hall–Kier alpha value is -1.35. The van der Waals surface area contributed by atoms with Crippen LogP contribution in [-0.4, -0.2) is 18.6 Å². The first-order valence-corrected chi connectivity index (χ1v) is 7.75. The predicted octanol–water partition coefficient (Wildman–Crippen LogP) is 3.00. The fourth-order valence-electron chi connectivity index (χ4n) is 3.43. The zero-order valence-corrected chi connectivity index (χ0v) is 12.1. The van der Waals surface area contributed by atoms with Crippen molar-refractivity contribution in [3.8, 4) is 0 Å². The molecule has 0 spiro atoms. The summed E-state index contributed by atoms with van der Waals surface area (Å²) in [5.74, 6) is 0.574. The van der Waals surface area contributed by atoms with Crippen molar-refractivity contribution < 1.29 is 9.53 Å². The number of carbonyl (C=O) groups is 1. The third-order valence-electron chi connectivity index (χ3n) is 4.52. The van der Waals surface area contributed by atoms with E-state index in [-0.39, 0.29) is 18.1 Å². The van der Waals surface area contributed by atoms with Crippen molar-refractivity contribution in [1.29, 1.82) is 0 Å². The van der Waals surface area contributed by atoms with Gasteiger partial charge in [0.15, 0.2) is 0 Å². The van der Waals surface area contributed by atoms with Crippen LogP contribution in [0.4, 0.5) is 0 Å². The van der Waals surface area contributed by atoms with E-state index in [0.29, 0.717) is 5.92 Å². The normalized spacial score (nSPS) is 29.6. The van der Waals surface area contributed by atoms with E-state index in [1.165, 1.54) is 18.4 Å². The van der Waals surface area contributed by atoms with Crippen LogP contribution >= 0.6 is 0 Å². The lowest BCUT2D eigenvalue weighted by Crippen LogP contribution is -2.38. The Morgan fingerprint density at radius 2 is 2.15 bits per heavy atom. The average molecular weight is 273 g/mol. The molecule has 20 heavy (non-hydrogen) atoms. The van der Waals surface area contributed by atoms with Crippen molar-refractivity contribution >= 4 is 5.97 Å². The zero-order chi connectivity index (χ0) is 13.9. The largest absolute Gasteiger partial charge is 0.461 e. The Balaban J connectivity index is 1.69. The van der Waals surface area contributed by atoms with E-state index in [0.717, 1.165) is 31.4 Å². The monoisotopic (exact) mass is 273 g/mol. The van der Waals surface area contributed by atoms with E-state index >= 15 is 0 Å². The van der Waals surface area contributed by atoms with Gasteiger partial charge in [-0.15, -0.1) is 0 Å². The number of esters is 1. The molecule has 108 valence electrons. The van der Waals surface area contributed by atoms with Gasteiger partial charge in [0.2, 0.25) is 0 Å². The van der Waals surface area contributed by atoms with Gasteiger partial charge in [-0.3, -0.25) is 0 Å². The molecule has 3 unspecified atom stereocenters. The number of fused-ring (bicyclic) bond motifs is 1. The molecule has 0 aromatic heterocycles. The van der Waals surface area contributed by atoms with E-state index in [2.05, 4.69) is 18.3 Å². The number of nitrogens with one attached hydrogen (secondary N) is 1. The summed E-state index contributed by atoms with van der Waals surface area (Å²) >= 11 is 0. The summed E-state index contributed by atoms with van der Waals surface area (Å²) < 4.78 is 5.76. The number of benzene rings is 1. The SMILES string of the molecule is CC1CCCC(OC(=O)C2NCCc3ccccc32)C1. The summed E-state index contributed by atoms with van der Waals surface area (Å²) in [4.78, 5) is 12.5. The van der Waals surface area contributed by atoms with Gasteiger partial charge in [0, 0.05) is 6.54 Å². The number of hydrogen-bond donors (Lipinski definition) is 1. The first-order chi connectivity index (χ1) is 9.74. The summed E-state index contributed by atoms with van der Waals surface area (Å²) in [7, 11) is 0. The van der Waals surface area contributed by atoms with Crippen LogP contribution in [0.1, 0.15) is 49.8 Å². The molecule has 2 aliphatic rings. The summed E-state index contributed by atoms with van der Waals surface area (Å²) in [6.07, 6.45) is 5.57. The fourth-order valence-corrected chi connectivity index (χ4v) is 3.43. The van der Waals surface area contributed by atoms with E-state index in [1.807, 2.05) is 18.2 Å². The maximum absolute atomic E-state index is 12.5. The van der Waals surface area contributed by atoms with Gasteiger partial charge < -0.3 is 10.1 Å². The van der Waals surface area contributed by atoms with Gasteiger partial charge in [-0.1, -0.05) is 37.6 Å². The molecule has 1 N–H and O–H groups in total. The standard InChI is InChI=1S/C17H23NO2/c1-12-5-4-7-14(11-12)20-17(19)16-15-8-3-2-6-13(15)9-10-18-16/h2-3,6,8,12,14,16,18H,4-5,7,9-11H2,1H3. The molecule has 1 aliphatic carbocycles. The lowest BCUT2D eigenvalue weighted by Gasteiger charge is -2.30. The molecule has 1 aromatic rings. The number of carbonyl (C=O) groups excluding carboxylic acids is 1. The second-order valence-electron chi connectivity index (χ2n) is 6.17. The van der Waals surface area contributed by atoms with Gasteiger partial charge >= 0.3 is 5.97 Å². The highest BCUT2D eigenvalue weighted by atomic mass is 16.5. The van der Waals surface area contributed by atoms with Crippen LogP contribution in [0.25, 0.3) is 0 Å². The van der Waals surface area contributed by atoms with Gasteiger partial charge in [0.05, 0.1) is 0 Å². The van der Waals surface area contributed by atoms with Crippen LogP contribution in [-0.2, 0) is 16.0 Å². The van der Waals surface area contributed by atoms with E-state index in [4.69, 9.17) is 4.74 Å². The predicted molar refractivity (Wildman–Crippen MR) is 78.4 cm³/mol. The van der Waals surface area contributed by atoms with E-state index in [1.54, 1.807) is 0 Å². The molecule has 0 saturated heterocycles. The van der Waals surface area contributed by atoms with Crippen molar-refractivity contribution in [3.05, 3.63) is 35.4 Å².